The van der Waals surface area contributed by atoms with Gasteiger partial charge in [-0.15, -0.1) is 0 Å². The molecule has 1 aliphatic heterocycles. The molecule has 5 nitrogen and oxygen atoms in total. The van der Waals surface area contributed by atoms with Crippen molar-refractivity contribution < 1.29 is 0 Å². The van der Waals surface area contributed by atoms with Crippen molar-refractivity contribution in [3.63, 3.8) is 0 Å². The Morgan fingerprint density at radius 1 is 0.867 bits per heavy atom. The molecule has 30 heavy (non-hydrogen) atoms. The van der Waals surface area contributed by atoms with Gasteiger partial charge in [-0.05, 0) is 67.7 Å². The molecule has 0 unspecified atom stereocenters. The molecule has 0 spiro atoms. The number of aryl methyl sites for hydroxylation is 1. The predicted octanol–water partition coefficient (Wildman–Crippen LogP) is 4.75. The molecule has 2 atom stereocenters. The van der Waals surface area contributed by atoms with E-state index in [1.807, 2.05) is 54.9 Å². The maximum Gasteiger partial charge on any atom is 0.174 e. The van der Waals surface area contributed by atoms with Crippen LogP contribution in [0.1, 0.15) is 29.2 Å². The van der Waals surface area contributed by atoms with Crippen LogP contribution < -0.4 is 10.2 Å². The molecule has 0 radical (unpaired) electrons. The molecular weight excluding hydrogens is 390 g/mol. The zero-order valence-corrected chi connectivity index (χ0v) is 17.3. The molecule has 1 fully saturated rings. The highest BCUT2D eigenvalue weighted by Crippen LogP contribution is 2.42. The molecule has 6 heteroatoms. The maximum absolute atomic E-state index is 5.81. The van der Waals surface area contributed by atoms with E-state index < -0.39 is 0 Å². The third-order valence-electron chi connectivity index (χ3n) is 5.45. The van der Waals surface area contributed by atoms with Crippen molar-refractivity contribution in [2.45, 2.75) is 19.0 Å². The van der Waals surface area contributed by atoms with E-state index in [9.17, 15) is 0 Å². The molecule has 1 aliphatic rings. The molecular formula is C24H21N5S. The van der Waals surface area contributed by atoms with Crippen LogP contribution in [0.2, 0.25) is 0 Å². The summed E-state index contributed by atoms with van der Waals surface area (Å²) in [7, 11) is 0. The van der Waals surface area contributed by atoms with Gasteiger partial charge in [0.2, 0.25) is 0 Å². The SMILES string of the molecule is Cc1ccc([C@H]2[C@H](c3ccccn3)NC(=S)N2c2ccccc2)n1-c1cccnc1. The van der Waals surface area contributed by atoms with Gasteiger partial charge in [0.15, 0.2) is 5.11 Å². The molecule has 3 aromatic heterocycles. The minimum atomic E-state index is -0.0800. The lowest BCUT2D eigenvalue weighted by Gasteiger charge is -2.29. The Morgan fingerprint density at radius 2 is 1.67 bits per heavy atom. The highest BCUT2D eigenvalue weighted by molar-refractivity contribution is 7.80. The average molecular weight is 412 g/mol. The number of anilines is 1. The molecule has 1 aromatic carbocycles. The fourth-order valence-corrected chi connectivity index (χ4v) is 4.50. The quantitative estimate of drug-likeness (QED) is 0.491. The zero-order valence-electron chi connectivity index (χ0n) is 16.5. The number of rotatable bonds is 4. The third kappa shape index (κ3) is 3.15. The summed E-state index contributed by atoms with van der Waals surface area (Å²) in [5.41, 5.74) is 5.31. The molecule has 0 aliphatic carbocycles. The number of aromatic nitrogens is 3. The van der Waals surface area contributed by atoms with Crippen LogP contribution in [0.3, 0.4) is 0 Å². The molecule has 1 N–H and O–H groups in total. The van der Waals surface area contributed by atoms with Crippen molar-refractivity contribution in [3.05, 3.63) is 108 Å². The van der Waals surface area contributed by atoms with Crippen molar-refractivity contribution in [1.29, 1.82) is 0 Å². The Bertz CT molecular complexity index is 1160. The summed E-state index contributed by atoms with van der Waals surface area (Å²) in [6.45, 7) is 2.11. The summed E-state index contributed by atoms with van der Waals surface area (Å²) >= 11 is 5.81. The molecule has 0 amide bonds. The number of nitrogens with one attached hydrogen (secondary N) is 1. The van der Waals surface area contributed by atoms with E-state index in [4.69, 9.17) is 12.2 Å². The molecule has 5 rings (SSSR count). The van der Waals surface area contributed by atoms with Gasteiger partial charge in [-0.2, -0.15) is 0 Å². The summed E-state index contributed by atoms with van der Waals surface area (Å²) in [6.07, 6.45) is 5.51. The largest absolute Gasteiger partial charge is 0.351 e. The van der Waals surface area contributed by atoms with E-state index >= 15 is 0 Å². The lowest BCUT2D eigenvalue weighted by molar-refractivity contribution is 0.548. The lowest BCUT2D eigenvalue weighted by atomic mass is 10.0. The number of pyridine rings is 2. The Morgan fingerprint density at radius 3 is 2.40 bits per heavy atom. The van der Waals surface area contributed by atoms with Crippen molar-refractivity contribution in [1.82, 2.24) is 19.9 Å². The van der Waals surface area contributed by atoms with Crippen LogP contribution in [0, 0.1) is 6.92 Å². The number of benzene rings is 1. The summed E-state index contributed by atoms with van der Waals surface area (Å²) in [5.74, 6) is 0. The monoisotopic (exact) mass is 411 g/mol. The Hall–Kier alpha value is -3.51. The van der Waals surface area contributed by atoms with Crippen LogP contribution in [-0.4, -0.2) is 19.6 Å². The first-order chi connectivity index (χ1) is 14.7. The Balaban J connectivity index is 1.70. The van der Waals surface area contributed by atoms with Crippen LogP contribution >= 0.6 is 12.2 Å². The maximum atomic E-state index is 5.81. The zero-order chi connectivity index (χ0) is 20.5. The number of hydrogen-bond acceptors (Lipinski definition) is 3. The second-order valence-corrected chi connectivity index (χ2v) is 7.67. The standard InChI is InChI=1S/C24H21N5S/c1-17-12-13-21(28(17)19-10-7-14-25-16-19)23-22(20-11-5-6-15-26-20)27-24(30)29(23)18-8-3-2-4-9-18/h2-16,22-23H,1H3,(H,27,30)/t22-,23-/m0/s1. The highest BCUT2D eigenvalue weighted by atomic mass is 32.1. The van der Waals surface area contributed by atoms with Gasteiger partial charge in [0, 0.05) is 29.5 Å². The predicted molar refractivity (Wildman–Crippen MR) is 123 cm³/mol. The minimum absolute atomic E-state index is 0.0660. The first-order valence-electron chi connectivity index (χ1n) is 9.88. The summed E-state index contributed by atoms with van der Waals surface area (Å²) in [4.78, 5) is 11.2. The van der Waals surface area contributed by atoms with Crippen LogP contribution in [0.5, 0.6) is 0 Å². The first-order valence-corrected chi connectivity index (χ1v) is 10.3. The lowest BCUT2D eigenvalue weighted by Crippen LogP contribution is -2.30. The normalized spacial score (nSPS) is 18.4. The van der Waals surface area contributed by atoms with Gasteiger partial charge in [0.25, 0.3) is 0 Å². The van der Waals surface area contributed by atoms with E-state index in [1.165, 1.54) is 0 Å². The van der Waals surface area contributed by atoms with E-state index in [-0.39, 0.29) is 12.1 Å². The van der Waals surface area contributed by atoms with Gasteiger partial charge < -0.3 is 14.8 Å². The van der Waals surface area contributed by atoms with E-state index in [2.05, 4.69) is 62.0 Å². The van der Waals surface area contributed by atoms with Gasteiger partial charge in [-0.3, -0.25) is 9.97 Å². The van der Waals surface area contributed by atoms with Crippen molar-refractivity contribution in [3.8, 4) is 5.69 Å². The minimum Gasteiger partial charge on any atom is -0.351 e. The van der Waals surface area contributed by atoms with Gasteiger partial charge in [-0.25, -0.2) is 0 Å². The molecule has 0 saturated carbocycles. The number of para-hydroxylation sites is 1. The molecule has 0 bridgehead atoms. The van der Waals surface area contributed by atoms with Gasteiger partial charge >= 0.3 is 0 Å². The van der Waals surface area contributed by atoms with Gasteiger partial charge in [0.05, 0.1) is 23.6 Å². The highest BCUT2D eigenvalue weighted by Gasteiger charge is 2.42. The Kier molecular flexibility index (Phi) is 4.77. The molecule has 1 saturated heterocycles. The average Bonchev–Trinajstić information content (AvgIpc) is 3.35. The molecule has 148 valence electrons. The Labute approximate surface area is 181 Å². The smallest absolute Gasteiger partial charge is 0.174 e. The van der Waals surface area contributed by atoms with E-state index in [0.717, 1.165) is 28.5 Å². The van der Waals surface area contributed by atoms with Gasteiger partial charge in [-0.1, -0.05) is 24.3 Å². The third-order valence-corrected chi connectivity index (χ3v) is 5.76. The molecule has 4 heterocycles. The van der Waals surface area contributed by atoms with Crippen molar-refractivity contribution in [2.75, 3.05) is 4.90 Å². The summed E-state index contributed by atoms with van der Waals surface area (Å²) < 4.78 is 2.25. The van der Waals surface area contributed by atoms with E-state index in [1.54, 1.807) is 6.20 Å². The molecule has 4 aromatic rings. The van der Waals surface area contributed by atoms with Crippen LogP contribution in [-0.2, 0) is 0 Å². The van der Waals surface area contributed by atoms with Crippen molar-refractivity contribution in [2.24, 2.45) is 0 Å². The first kappa shape index (κ1) is 18.5. The van der Waals surface area contributed by atoms with Crippen molar-refractivity contribution >= 4 is 23.0 Å². The van der Waals surface area contributed by atoms with E-state index in [0.29, 0.717) is 5.11 Å². The van der Waals surface area contributed by atoms with Crippen LogP contribution in [0.15, 0.2) is 91.4 Å². The second kappa shape index (κ2) is 7.72. The summed E-state index contributed by atoms with van der Waals surface area (Å²) in [5, 5.41) is 4.21. The van der Waals surface area contributed by atoms with Crippen LogP contribution in [0.25, 0.3) is 5.69 Å². The number of nitrogens with zero attached hydrogens (tertiary/aromatic N) is 4. The van der Waals surface area contributed by atoms with Crippen LogP contribution in [0.4, 0.5) is 5.69 Å². The number of thiocarbonyl (C=S) groups is 1. The topological polar surface area (TPSA) is 46.0 Å². The fourth-order valence-electron chi connectivity index (χ4n) is 4.15. The second-order valence-electron chi connectivity index (χ2n) is 7.28. The van der Waals surface area contributed by atoms with Gasteiger partial charge in [0.1, 0.15) is 6.04 Å². The number of hydrogen-bond donors (Lipinski definition) is 1. The summed E-state index contributed by atoms with van der Waals surface area (Å²) in [6, 6.07) is 24.5. The fraction of sp³-hybridized carbons (Fsp3) is 0.125.